The molecule has 2 N–H and O–H groups in total. The molecular weight excluding hydrogens is 422 g/mol. The maximum Gasteiger partial charge on any atom is 0.255 e. The fourth-order valence-electron chi connectivity index (χ4n) is 5.58. The van der Waals surface area contributed by atoms with Gasteiger partial charge in [-0.25, -0.2) is 0 Å². The topological polar surface area (TPSA) is 65.2 Å². The minimum absolute atomic E-state index is 0.00982. The Morgan fingerprint density at radius 2 is 1.76 bits per heavy atom. The molecule has 0 saturated heterocycles. The first-order valence-electron chi connectivity index (χ1n) is 12.0. The second-order valence-electron chi connectivity index (χ2n) is 9.42. The summed E-state index contributed by atoms with van der Waals surface area (Å²) in [6.07, 6.45) is 2.25. The number of para-hydroxylation sites is 1. The number of carbonyl (C=O) groups is 2. The van der Waals surface area contributed by atoms with Gasteiger partial charge < -0.3 is 15.2 Å². The Balaban J connectivity index is 1.32. The molecule has 34 heavy (non-hydrogen) atoms. The number of fused-ring (bicyclic) bond motifs is 7. The van der Waals surface area contributed by atoms with Gasteiger partial charge in [0.05, 0.1) is 6.04 Å². The zero-order valence-corrected chi connectivity index (χ0v) is 19.1. The zero-order valence-electron chi connectivity index (χ0n) is 19.1. The third kappa shape index (κ3) is 3.31. The van der Waals surface area contributed by atoms with E-state index in [1.54, 1.807) is 4.90 Å². The highest BCUT2D eigenvalue weighted by atomic mass is 16.2. The van der Waals surface area contributed by atoms with Crippen LogP contribution >= 0.6 is 0 Å². The standard InChI is InChI=1S/C29H27N3O2/c1-18(15-16-19-9-3-2-4-10-19)30-28(33)25-17-23-20-11-7-8-14-24(20)31-26(23)27-21-12-5-6-13-22(21)29(34)32(25)27/h2-14,18,25,27,31H,15-17H2,1H3,(H,30,33)/t18-,25+,27-/m1/s1. The number of nitrogens with zero attached hydrogens (tertiary/aromatic N) is 1. The van der Waals surface area contributed by atoms with Gasteiger partial charge in [-0.1, -0.05) is 66.7 Å². The van der Waals surface area contributed by atoms with Crippen LogP contribution in [-0.4, -0.2) is 33.8 Å². The Hall–Kier alpha value is -3.86. The first kappa shape index (κ1) is 20.7. The van der Waals surface area contributed by atoms with Crippen LogP contribution in [0.25, 0.3) is 10.9 Å². The molecule has 4 aromatic rings. The molecule has 0 saturated carbocycles. The van der Waals surface area contributed by atoms with E-state index in [0.29, 0.717) is 12.0 Å². The average molecular weight is 450 g/mol. The van der Waals surface area contributed by atoms with Crippen molar-refractivity contribution in [3.05, 3.63) is 107 Å². The predicted molar refractivity (Wildman–Crippen MR) is 133 cm³/mol. The van der Waals surface area contributed by atoms with E-state index in [4.69, 9.17) is 0 Å². The quantitative estimate of drug-likeness (QED) is 0.461. The van der Waals surface area contributed by atoms with Gasteiger partial charge in [0.25, 0.3) is 5.91 Å². The monoisotopic (exact) mass is 449 g/mol. The van der Waals surface area contributed by atoms with Crippen molar-refractivity contribution in [2.75, 3.05) is 0 Å². The first-order chi connectivity index (χ1) is 16.6. The Kier molecular flexibility index (Phi) is 4.98. The van der Waals surface area contributed by atoms with Gasteiger partial charge in [0, 0.05) is 34.6 Å². The number of aromatic amines is 1. The van der Waals surface area contributed by atoms with Crippen LogP contribution < -0.4 is 5.32 Å². The van der Waals surface area contributed by atoms with Crippen LogP contribution in [0.5, 0.6) is 0 Å². The Bertz CT molecular complexity index is 1390. The zero-order chi connectivity index (χ0) is 23.2. The molecule has 0 unspecified atom stereocenters. The Morgan fingerprint density at radius 1 is 1.03 bits per heavy atom. The number of nitrogens with one attached hydrogen (secondary N) is 2. The summed E-state index contributed by atoms with van der Waals surface area (Å²) in [4.78, 5) is 32.5. The first-order valence-corrected chi connectivity index (χ1v) is 12.0. The predicted octanol–water partition coefficient (Wildman–Crippen LogP) is 4.78. The minimum Gasteiger partial charge on any atom is -0.356 e. The molecule has 0 spiro atoms. The maximum absolute atomic E-state index is 13.6. The highest BCUT2D eigenvalue weighted by Crippen LogP contribution is 2.46. The highest BCUT2D eigenvalue weighted by Gasteiger charge is 2.48. The molecule has 0 bridgehead atoms. The van der Waals surface area contributed by atoms with Gasteiger partial charge in [-0.05, 0) is 48.6 Å². The third-order valence-corrected chi connectivity index (χ3v) is 7.25. The van der Waals surface area contributed by atoms with Crippen molar-refractivity contribution in [2.45, 2.75) is 44.3 Å². The fourth-order valence-corrected chi connectivity index (χ4v) is 5.58. The molecule has 6 rings (SSSR count). The van der Waals surface area contributed by atoms with Crippen LogP contribution in [0.1, 0.15) is 52.1 Å². The molecule has 3 aromatic carbocycles. The fraction of sp³-hybridized carbons (Fsp3) is 0.241. The number of aromatic nitrogens is 1. The summed E-state index contributed by atoms with van der Waals surface area (Å²) in [5.41, 5.74) is 6.12. The maximum atomic E-state index is 13.6. The third-order valence-electron chi connectivity index (χ3n) is 7.25. The molecule has 2 aliphatic rings. The van der Waals surface area contributed by atoms with Crippen molar-refractivity contribution in [1.82, 2.24) is 15.2 Å². The number of benzene rings is 3. The number of hydrogen-bond acceptors (Lipinski definition) is 2. The molecule has 170 valence electrons. The molecule has 0 radical (unpaired) electrons. The van der Waals surface area contributed by atoms with Crippen molar-refractivity contribution >= 4 is 22.7 Å². The number of hydrogen-bond donors (Lipinski definition) is 2. The van der Waals surface area contributed by atoms with E-state index in [2.05, 4.69) is 34.6 Å². The molecule has 3 heterocycles. The molecule has 1 aromatic heterocycles. The number of H-pyrrole nitrogens is 1. The largest absolute Gasteiger partial charge is 0.356 e. The van der Waals surface area contributed by atoms with E-state index in [1.165, 1.54) is 5.56 Å². The Morgan fingerprint density at radius 3 is 2.62 bits per heavy atom. The summed E-state index contributed by atoms with van der Waals surface area (Å²) in [5.74, 6) is -0.148. The summed E-state index contributed by atoms with van der Waals surface area (Å²) in [7, 11) is 0. The lowest BCUT2D eigenvalue weighted by Crippen LogP contribution is -2.53. The summed E-state index contributed by atoms with van der Waals surface area (Å²) >= 11 is 0. The molecule has 0 fully saturated rings. The summed E-state index contributed by atoms with van der Waals surface area (Å²) in [6, 6.07) is 25.4. The van der Waals surface area contributed by atoms with Crippen molar-refractivity contribution in [3.63, 3.8) is 0 Å². The molecule has 5 nitrogen and oxygen atoms in total. The van der Waals surface area contributed by atoms with Crippen LogP contribution in [-0.2, 0) is 17.6 Å². The van der Waals surface area contributed by atoms with Crippen LogP contribution in [0, 0.1) is 0 Å². The van der Waals surface area contributed by atoms with E-state index < -0.39 is 6.04 Å². The molecule has 5 heteroatoms. The highest BCUT2D eigenvalue weighted by molar-refractivity contribution is 6.03. The van der Waals surface area contributed by atoms with Gasteiger partial charge in [0.2, 0.25) is 5.91 Å². The molecule has 0 aliphatic carbocycles. The van der Waals surface area contributed by atoms with Gasteiger partial charge in [-0.15, -0.1) is 0 Å². The van der Waals surface area contributed by atoms with E-state index in [1.807, 2.05) is 61.5 Å². The van der Waals surface area contributed by atoms with Crippen LogP contribution in [0.3, 0.4) is 0 Å². The molecule has 3 atom stereocenters. The lowest BCUT2D eigenvalue weighted by Gasteiger charge is -2.37. The van der Waals surface area contributed by atoms with E-state index in [0.717, 1.165) is 40.6 Å². The van der Waals surface area contributed by atoms with Gasteiger partial charge in [0.1, 0.15) is 6.04 Å². The smallest absolute Gasteiger partial charge is 0.255 e. The van der Waals surface area contributed by atoms with Crippen molar-refractivity contribution in [3.8, 4) is 0 Å². The second-order valence-corrected chi connectivity index (χ2v) is 9.42. The average Bonchev–Trinajstić information content (AvgIpc) is 3.38. The Labute approximate surface area is 198 Å². The van der Waals surface area contributed by atoms with Gasteiger partial charge >= 0.3 is 0 Å². The lowest BCUT2D eigenvalue weighted by molar-refractivity contribution is -0.127. The second kappa shape index (κ2) is 8.17. The van der Waals surface area contributed by atoms with Gasteiger partial charge in [-0.3, -0.25) is 9.59 Å². The van der Waals surface area contributed by atoms with Crippen LogP contribution in [0.2, 0.25) is 0 Å². The SMILES string of the molecule is C[C@H](CCc1ccccc1)NC(=O)[C@@H]1Cc2c([nH]c3ccccc23)[C@H]2c3ccccc3C(=O)N21. The van der Waals surface area contributed by atoms with Crippen LogP contribution in [0.4, 0.5) is 0 Å². The number of rotatable bonds is 5. The summed E-state index contributed by atoms with van der Waals surface area (Å²) < 4.78 is 0. The number of aryl methyl sites for hydroxylation is 1. The number of amides is 2. The van der Waals surface area contributed by atoms with E-state index >= 15 is 0 Å². The molecule has 2 amide bonds. The van der Waals surface area contributed by atoms with Crippen LogP contribution in [0.15, 0.2) is 78.9 Å². The van der Waals surface area contributed by atoms with Crippen molar-refractivity contribution in [1.29, 1.82) is 0 Å². The van der Waals surface area contributed by atoms with Gasteiger partial charge in [-0.2, -0.15) is 0 Å². The minimum atomic E-state index is -0.546. The van der Waals surface area contributed by atoms with E-state index in [-0.39, 0.29) is 23.9 Å². The normalized spacial score (nSPS) is 19.4. The van der Waals surface area contributed by atoms with Crippen molar-refractivity contribution < 1.29 is 9.59 Å². The van der Waals surface area contributed by atoms with Gasteiger partial charge in [0.15, 0.2) is 0 Å². The molecule has 2 aliphatic heterocycles. The van der Waals surface area contributed by atoms with E-state index in [9.17, 15) is 9.59 Å². The van der Waals surface area contributed by atoms with Crippen molar-refractivity contribution in [2.24, 2.45) is 0 Å². The molecular formula is C29H27N3O2. The summed E-state index contributed by atoms with van der Waals surface area (Å²) in [6.45, 7) is 2.04. The number of carbonyl (C=O) groups excluding carboxylic acids is 2. The summed E-state index contributed by atoms with van der Waals surface area (Å²) in [5, 5.41) is 4.34. The lowest BCUT2D eigenvalue weighted by atomic mass is 9.89.